The zero-order valence-electron chi connectivity index (χ0n) is 13.7. The summed E-state index contributed by atoms with van der Waals surface area (Å²) in [6.07, 6.45) is 5.58. The summed E-state index contributed by atoms with van der Waals surface area (Å²) >= 11 is 1.73. The molecular weight excluding hydrogens is 328 g/mol. The van der Waals surface area contributed by atoms with E-state index in [0.29, 0.717) is 5.82 Å². The molecule has 0 fully saturated rings. The van der Waals surface area contributed by atoms with E-state index in [1.807, 2.05) is 36.4 Å². The Bertz CT molecular complexity index is 1000. The first-order chi connectivity index (χ1) is 12.3. The van der Waals surface area contributed by atoms with Crippen molar-refractivity contribution in [3.63, 3.8) is 0 Å². The largest absolute Gasteiger partial charge is 0.340 e. The van der Waals surface area contributed by atoms with E-state index in [0.717, 1.165) is 28.0 Å². The van der Waals surface area contributed by atoms with E-state index in [1.54, 1.807) is 24.2 Å². The number of para-hydroxylation sites is 1. The molecule has 4 nitrogen and oxygen atoms in total. The zero-order chi connectivity index (χ0) is 17.1. The highest BCUT2D eigenvalue weighted by atomic mass is 32.2. The third-order valence-electron chi connectivity index (χ3n) is 3.89. The minimum absolute atomic E-state index is 0.685. The highest BCUT2D eigenvalue weighted by Crippen LogP contribution is 2.27. The smallest absolute Gasteiger partial charge is 0.162 e. The number of hydrogen-bond acceptors (Lipinski definition) is 5. The van der Waals surface area contributed by atoms with Gasteiger partial charge in [-0.05, 0) is 54.8 Å². The molecule has 0 aliphatic carbocycles. The minimum Gasteiger partial charge on any atom is -0.340 e. The van der Waals surface area contributed by atoms with E-state index in [1.165, 1.54) is 4.90 Å². The van der Waals surface area contributed by atoms with Crippen molar-refractivity contribution >= 4 is 34.2 Å². The van der Waals surface area contributed by atoms with Crippen LogP contribution in [0.15, 0.2) is 78.0 Å². The van der Waals surface area contributed by atoms with Gasteiger partial charge in [0, 0.05) is 33.9 Å². The van der Waals surface area contributed by atoms with Gasteiger partial charge in [0.05, 0.1) is 5.52 Å². The van der Waals surface area contributed by atoms with Crippen LogP contribution in [0.5, 0.6) is 0 Å². The molecule has 0 saturated carbocycles. The van der Waals surface area contributed by atoms with Gasteiger partial charge in [0.2, 0.25) is 0 Å². The molecule has 2 aromatic carbocycles. The summed E-state index contributed by atoms with van der Waals surface area (Å²) in [4.78, 5) is 14.7. The molecule has 0 bridgehead atoms. The molecule has 1 N–H and O–H groups in total. The quantitative estimate of drug-likeness (QED) is 0.518. The van der Waals surface area contributed by atoms with Crippen molar-refractivity contribution in [2.75, 3.05) is 11.6 Å². The number of rotatable bonds is 4. The van der Waals surface area contributed by atoms with Crippen LogP contribution in [-0.4, -0.2) is 21.2 Å². The second-order valence-corrected chi connectivity index (χ2v) is 6.38. The van der Waals surface area contributed by atoms with Crippen molar-refractivity contribution in [2.45, 2.75) is 4.90 Å². The summed E-state index contributed by atoms with van der Waals surface area (Å²) in [5.41, 5.74) is 2.86. The van der Waals surface area contributed by atoms with Crippen LogP contribution < -0.4 is 5.32 Å². The van der Waals surface area contributed by atoms with E-state index in [9.17, 15) is 0 Å². The van der Waals surface area contributed by atoms with Gasteiger partial charge in [-0.3, -0.25) is 4.98 Å². The summed E-state index contributed by atoms with van der Waals surface area (Å²) in [7, 11) is 0. The molecule has 0 unspecified atom stereocenters. The van der Waals surface area contributed by atoms with Crippen molar-refractivity contribution < 1.29 is 0 Å². The minimum atomic E-state index is 0.685. The predicted octanol–water partition coefficient (Wildman–Crippen LogP) is 5.16. The first-order valence-corrected chi connectivity index (χ1v) is 9.14. The number of aromatic nitrogens is 3. The molecule has 4 rings (SSSR count). The van der Waals surface area contributed by atoms with Crippen LogP contribution in [0, 0.1) is 0 Å². The van der Waals surface area contributed by atoms with Gasteiger partial charge < -0.3 is 5.32 Å². The molecule has 0 saturated heterocycles. The van der Waals surface area contributed by atoms with Gasteiger partial charge in [0.1, 0.15) is 5.82 Å². The lowest BCUT2D eigenvalue weighted by Gasteiger charge is -2.11. The monoisotopic (exact) mass is 344 g/mol. The molecule has 0 atom stereocenters. The molecule has 0 aliphatic rings. The summed E-state index contributed by atoms with van der Waals surface area (Å²) < 4.78 is 0. The Morgan fingerprint density at radius 3 is 2.36 bits per heavy atom. The molecule has 0 amide bonds. The summed E-state index contributed by atoms with van der Waals surface area (Å²) in [5.74, 6) is 1.48. The van der Waals surface area contributed by atoms with Crippen LogP contribution in [-0.2, 0) is 0 Å². The molecule has 0 spiro atoms. The number of thioether (sulfide) groups is 1. The number of nitrogens with one attached hydrogen (secondary N) is 1. The third kappa shape index (κ3) is 3.32. The second kappa shape index (κ2) is 6.91. The lowest BCUT2D eigenvalue weighted by molar-refractivity contribution is 1.21. The van der Waals surface area contributed by atoms with Gasteiger partial charge >= 0.3 is 0 Å². The average Bonchev–Trinajstić information content (AvgIpc) is 2.69. The molecule has 2 heterocycles. The van der Waals surface area contributed by atoms with E-state index in [4.69, 9.17) is 9.97 Å². The number of fused-ring (bicyclic) bond motifs is 1. The molecule has 0 aliphatic heterocycles. The van der Waals surface area contributed by atoms with E-state index in [2.05, 4.69) is 40.8 Å². The predicted molar refractivity (Wildman–Crippen MR) is 104 cm³/mol. The number of anilines is 2. The first kappa shape index (κ1) is 15.6. The average molecular weight is 344 g/mol. The Morgan fingerprint density at radius 2 is 1.60 bits per heavy atom. The van der Waals surface area contributed by atoms with Crippen molar-refractivity contribution in [1.82, 2.24) is 15.0 Å². The number of nitrogens with zero attached hydrogens (tertiary/aromatic N) is 3. The van der Waals surface area contributed by atoms with E-state index >= 15 is 0 Å². The Hall–Kier alpha value is -2.92. The Labute approximate surface area is 150 Å². The van der Waals surface area contributed by atoms with E-state index < -0.39 is 0 Å². The fourth-order valence-corrected chi connectivity index (χ4v) is 3.02. The van der Waals surface area contributed by atoms with Gasteiger partial charge in [-0.2, -0.15) is 0 Å². The summed E-state index contributed by atoms with van der Waals surface area (Å²) in [6.45, 7) is 0. The fourth-order valence-electron chi connectivity index (χ4n) is 2.61. The molecule has 4 aromatic rings. The standard InChI is InChI=1S/C20H16N4S/c1-25-16-8-6-15(7-9-16)22-20-17-4-2-3-5-18(17)23-19(24-20)14-10-12-21-13-11-14/h2-13H,1H3,(H,22,23,24). The molecule has 5 heteroatoms. The van der Waals surface area contributed by atoms with Crippen LogP contribution in [0.3, 0.4) is 0 Å². The second-order valence-electron chi connectivity index (χ2n) is 5.50. The maximum Gasteiger partial charge on any atom is 0.162 e. The number of hydrogen-bond donors (Lipinski definition) is 1. The van der Waals surface area contributed by atoms with Gasteiger partial charge in [0.25, 0.3) is 0 Å². The van der Waals surface area contributed by atoms with E-state index in [-0.39, 0.29) is 0 Å². The van der Waals surface area contributed by atoms with Crippen molar-refractivity contribution in [3.8, 4) is 11.4 Å². The lowest BCUT2D eigenvalue weighted by atomic mass is 10.2. The van der Waals surface area contributed by atoms with Gasteiger partial charge in [-0.25, -0.2) is 9.97 Å². The Balaban J connectivity index is 1.80. The van der Waals surface area contributed by atoms with Crippen LogP contribution in [0.2, 0.25) is 0 Å². The first-order valence-electron chi connectivity index (χ1n) is 7.92. The highest BCUT2D eigenvalue weighted by Gasteiger charge is 2.09. The molecule has 122 valence electrons. The molecule has 0 radical (unpaired) electrons. The maximum atomic E-state index is 4.75. The summed E-state index contributed by atoms with van der Waals surface area (Å²) in [5, 5.41) is 4.43. The topological polar surface area (TPSA) is 50.7 Å². The Morgan fingerprint density at radius 1 is 0.840 bits per heavy atom. The van der Waals surface area contributed by atoms with Crippen molar-refractivity contribution in [2.24, 2.45) is 0 Å². The zero-order valence-corrected chi connectivity index (χ0v) is 14.5. The molecule has 2 aromatic heterocycles. The summed E-state index contributed by atoms with van der Waals surface area (Å²) in [6, 6.07) is 20.2. The maximum absolute atomic E-state index is 4.75. The number of benzene rings is 2. The van der Waals surface area contributed by atoms with Crippen LogP contribution >= 0.6 is 11.8 Å². The normalized spacial score (nSPS) is 10.8. The van der Waals surface area contributed by atoms with Crippen LogP contribution in [0.1, 0.15) is 0 Å². The Kier molecular flexibility index (Phi) is 4.31. The third-order valence-corrected chi connectivity index (χ3v) is 4.64. The lowest BCUT2D eigenvalue weighted by Crippen LogP contribution is -1.99. The van der Waals surface area contributed by atoms with Gasteiger partial charge in [-0.15, -0.1) is 11.8 Å². The number of pyridine rings is 1. The fraction of sp³-hybridized carbons (Fsp3) is 0.0500. The van der Waals surface area contributed by atoms with Crippen molar-refractivity contribution in [1.29, 1.82) is 0 Å². The van der Waals surface area contributed by atoms with Crippen molar-refractivity contribution in [3.05, 3.63) is 73.1 Å². The van der Waals surface area contributed by atoms with Crippen LogP contribution in [0.4, 0.5) is 11.5 Å². The highest BCUT2D eigenvalue weighted by molar-refractivity contribution is 7.98. The molecular formula is C20H16N4S. The molecule has 25 heavy (non-hydrogen) atoms. The van der Waals surface area contributed by atoms with Gasteiger partial charge in [0.15, 0.2) is 5.82 Å². The SMILES string of the molecule is CSc1ccc(Nc2nc(-c3ccncc3)nc3ccccc23)cc1. The van der Waals surface area contributed by atoms with Crippen LogP contribution in [0.25, 0.3) is 22.3 Å². The van der Waals surface area contributed by atoms with Gasteiger partial charge in [-0.1, -0.05) is 12.1 Å².